The van der Waals surface area contributed by atoms with E-state index in [1.165, 1.54) is 19.3 Å². The Balaban J connectivity index is 2.14. The number of thioether (sulfide) groups is 1. The van der Waals surface area contributed by atoms with Gasteiger partial charge in [0.05, 0.1) is 19.0 Å². The van der Waals surface area contributed by atoms with Crippen molar-refractivity contribution in [1.82, 2.24) is 4.98 Å². The number of nitrogens with one attached hydrogen (secondary N) is 1. The van der Waals surface area contributed by atoms with Crippen molar-refractivity contribution in [2.45, 2.75) is 37.5 Å². The van der Waals surface area contributed by atoms with Crippen LogP contribution in [-0.4, -0.2) is 29.6 Å². The molecule has 0 aliphatic heterocycles. The third-order valence-corrected chi connectivity index (χ3v) is 4.49. The minimum atomic E-state index is 0.556. The van der Waals surface area contributed by atoms with Crippen molar-refractivity contribution in [3.05, 3.63) is 18.0 Å². The molecule has 17 heavy (non-hydrogen) atoms. The van der Waals surface area contributed by atoms with E-state index in [-0.39, 0.29) is 0 Å². The second kappa shape index (κ2) is 5.63. The van der Waals surface area contributed by atoms with Gasteiger partial charge >= 0.3 is 0 Å². The highest BCUT2D eigenvalue weighted by molar-refractivity contribution is 7.99. The number of ether oxygens (including phenoxy) is 1. The number of hydrogen-bond donors (Lipinski definition) is 1. The van der Waals surface area contributed by atoms with Crippen LogP contribution in [0, 0.1) is 6.92 Å². The van der Waals surface area contributed by atoms with Gasteiger partial charge in [0, 0.05) is 17.0 Å². The first-order valence-corrected chi connectivity index (χ1v) is 7.33. The molecule has 0 amide bonds. The van der Waals surface area contributed by atoms with Crippen LogP contribution in [0.3, 0.4) is 0 Å². The highest BCUT2D eigenvalue weighted by Gasteiger charge is 2.26. The van der Waals surface area contributed by atoms with Crippen LogP contribution >= 0.6 is 11.8 Å². The maximum atomic E-state index is 5.35. The first-order valence-electron chi connectivity index (χ1n) is 6.04. The van der Waals surface area contributed by atoms with Crippen LogP contribution in [0.4, 0.5) is 5.69 Å². The van der Waals surface area contributed by atoms with Crippen molar-refractivity contribution in [3.8, 4) is 5.75 Å². The Hall–Kier alpha value is -0.900. The van der Waals surface area contributed by atoms with Gasteiger partial charge in [-0.05, 0) is 32.1 Å². The van der Waals surface area contributed by atoms with Crippen LogP contribution in [0.15, 0.2) is 12.3 Å². The van der Waals surface area contributed by atoms with Crippen LogP contribution in [-0.2, 0) is 0 Å². The van der Waals surface area contributed by atoms with Crippen molar-refractivity contribution in [1.29, 1.82) is 0 Å². The van der Waals surface area contributed by atoms with Gasteiger partial charge in [0.2, 0.25) is 0 Å². The van der Waals surface area contributed by atoms with E-state index in [9.17, 15) is 0 Å². The van der Waals surface area contributed by atoms with E-state index in [0.29, 0.717) is 11.3 Å². The van der Waals surface area contributed by atoms with E-state index in [2.05, 4.69) is 22.6 Å². The summed E-state index contributed by atoms with van der Waals surface area (Å²) in [5, 5.41) is 4.33. The lowest BCUT2D eigenvalue weighted by Gasteiger charge is -2.21. The molecule has 1 fully saturated rings. The van der Waals surface area contributed by atoms with Crippen LogP contribution in [0.5, 0.6) is 5.75 Å². The van der Waals surface area contributed by atoms with Crippen LogP contribution in [0.1, 0.15) is 25.0 Å². The second-order valence-corrected chi connectivity index (χ2v) is 5.56. The fourth-order valence-electron chi connectivity index (χ4n) is 2.40. The van der Waals surface area contributed by atoms with Gasteiger partial charge in [-0.3, -0.25) is 4.98 Å². The Bertz CT molecular complexity index is 384. The molecule has 0 spiro atoms. The van der Waals surface area contributed by atoms with Gasteiger partial charge in [0.1, 0.15) is 0 Å². The third-order valence-electron chi connectivity index (χ3n) is 3.32. The Labute approximate surface area is 107 Å². The van der Waals surface area contributed by atoms with Gasteiger partial charge in [-0.25, -0.2) is 0 Å². The molecule has 0 bridgehead atoms. The van der Waals surface area contributed by atoms with Gasteiger partial charge in [0.15, 0.2) is 5.75 Å². The number of rotatable bonds is 4. The number of nitrogens with zero attached hydrogens (tertiary/aromatic N) is 1. The second-order valence-electron chi connectivity index (χ2n) is 4.48. The molecule has 1 aliphatic rings. The van der Waals surface area contributed by atoms with E-state index < -0.39 is 0 Å². The van der Waals surface area contributed by atoms with Gasteiger partial charge in [-0.15, -0.1) is 0 Å². The molecule has 4 heteroatoms. The first-order chi connectivity index (χ1) is 8.24. The summed E-state index contributed by atoms with van der Waals surface area (Å²) < 4.78 is 5.35. The number of anilines is 1. The van der Waals surface area contributed by atoms with Crippen LogP contribution in [0.2, 0.25) is 0 Å². The maximum absolute atomic E-state index is 5.35. The Kier molecular flexibility index (Phi) is 4.15. The largest absolute Gasteiger partial charge is 0.493 e. The summed E-state index contributed by atoms with van der Waals surface area (Å²) in [5.41, 5.74) is 2.10. The molecule has 0 saturated heterocycles. The van der Waals surface area contributed by atoms with Gasteiger partial charge in [0.25, 0.3) is 0 Å². The highest BCUT2D eigenvalue weighted by atomic mass is 32.2. The number of pyridine rings is 1. The summed E-state index contributed by atoms with van der Waals surface area (Å²) in [6, 6.07) is 2.62. The number of aromatic nitrogens is 1. The summed E-state index contributed by atoms with van der Waals surface area (Å²) >= 11 is 1.96. The molecule has 2 unspecified atom stereocenters. The first kappa shape index (κ1) is 12.6. The molecule has 0 aromatic carbocycles. The average Bonchev–Trinajstić information content (AvgIpc) is 2.77. The molecule has 2 rings (SSSR count). The van der Waals surface area contributed by atoms with Gasteiger partial charge < -0.3 is 10.1 Å². The minimum absolute atomic E-state index is 0.556. The molecule has 2 atom stereocenters. The molecule has 3 nitrogen and oxygen atoms in total. The van der Waals surface area contributed by atoms with Crippen LogP contribution < -0.4 is 10.1 Å². The van der Waals surface area contributed by atoms with Gasteiger partial charge in [-0.1, -0.05) is 6.42 Å². The van der Waals surface area contributed by atoms with E-state index in [4.69, 9.17) is 4.74 Å². The monoisotopic (exact) mass is 252 g/mol. The van der Waals surface area contributed by atoms with E-state index in [1.54, 1.807) is 13.3 Å². The smallest absolute Gasteiger partial charge is 0.160 e. The summed E-state index contributed by atoms with van der Waals surface area (Å²) in [5.74, 6) is 0.836. The predicted molar refractivity (Wildman–Crippen MR) is 74.1 cm³/mol. The average molecular weight is 252 g/mol. The topological polar surface area (TPSA) is 34.1 Å². The molecular formula is C13H20N2OS. The van der Waals surface area contributed by atoms with Crippen molar-refractivity contribution in [2.24, 2.45) is 0 Å². The summed E-state index contributed by atoms with van der Waals surface area (Å²) in [6.07, 6.45) is 7.86. The molecule has 1 aliphatic carbocycles. The minimum Gasteiger partial charge on any atom is -0.493 e. The van der Waals surface area contributed by atoms with Crippen molar-refractivity contribution < 1.29 is 4.74 Å². The van der Waals surface area contributed by atoms with Crippen molar-refractivity contribution in [3.63, 3.8) is 0 Å². The summed E-state index contributed by atoms with van der Waals surface area (Å²) in [7, 11) is 1.69. The SMILES string of the molecule is COc1cnc(C)cc1NC1CCCC1SC. The standard InChI is InChI=1S/C13H20N2OS/c1-9-7-11(12(16-2)8-14-9)15-10-5-4-6-13(10)17-3/h7-8,10,13H,4-6H2,1-3H3,(H,14,15). The lowest BCUT2D eigenvalue weighted by molar-refractivity contribution is 0.414. The van der Waals surface area contributed by atoms with E-state index in [1.807, 2.05) is 18.7 Å². The Morgan fingerprint density at radius 1 is 1.47 bits per heavy atom. The number of hydrogen-bond acceptors (Lipinski definition) is 4. The highest BCUT2D eigenvalue weighted by Crippen LogP contribution is 2.33. The van der Waals surface area contributed by atoms with Crippen molar-refractivity contribution >= 4 is 17.4 Å². The van der Waals surface area contributed by atoms with Gasteiger partial charge in [-0.2, -0.15) is 11.8 Å². The summed E-state index contributed by atoms with van der Waals surface area (Å²) in [4.78, 5) is 4.25. The molecular weight excluding hydrogens is 232 g/mol. The third kappa shape index (κ3) is 2.86. The number of methoxy groups -OCH3 is 1. The predicted octanol–water partition coefficient (Wildman–Crippen LogP) is 3.09. The van der Waals surface area contributed by atoms with E-state index >= 15 is 0 Å². The zero-order valence-electron chi connectivity index (χ0n) is 10.7. The fraction of sp³-hybridized carbons (Fsp3) is 0.615. The normalized spacial score (nSPS) is 23.7. The van der Waals surface area contributed by atoms with Crippen molar-refractivity contribution in [2.75, 3.05) is 18.7 Å². The quantitative estimate of drug-likeness (QED) is 0.893. The molecule has 1 N–H and O–H groups in total. The Morgan fingerprint density at radius 3 is 3.00 bits per heavy atom. The molecule has 1 aromatic heterocycles. The van der Waals surface area contributed by atoms with Crippen LogP contribution in [0.25, 0.3) is 0 Å². The molecule has 94 valence electrons. The zero-order valence-corrected chi connectivity index (χ0v) is 11.5. The molecule has 1 heterocycles. The molecule has 1 aromatic rings. The number of aryl methyl sites for hydroxylation is 1. The maximum Gasteiger partial charge on any atom is 0.160 e. The molecule has 0 radical (unpaired) electrons. The Morgan fingerprint density at radius 2 is 2.29 bits per heavy atom. The zero-order chi connectivity index (χ0) is 12.3. The lowest BCUT2D eigenvalue weighted by Crippen LogP contribution is -2.26. The molecule has 1 saturated carbocycles. The summed E-state index contributed by atoms with van der Waals surface area (Å²) in [6.45, 7) is 2.01. The van der Waals surface area contributed by atoms with E-state index in [0.717, 1.165) is 17.1 Å². The lowest BCUT2D eigenvalue weighted by atomic mass is 10.2. The fourth-order valence-corrected chi connectivity index (χ4v) is 3.33.